The minimum Gasteiger partial charge on any atom is -0.507 e. The summed E-state index contributed by atoms with van der Waals surface area (Å²) in [6, 6.07) is 35.8. The number of nitrogens with zero attached hydrogens (tertiary/aromatic N) is 1. The molecule has 206 valence electrons. The number of benzene rings is 4. The highest BCUT2D eigenvalue weighted by Crippen LogP contribution is 2.57. The van der Waals surface area contributed by atoms with Crippen molar-refractivity contribution in [2.24, 2.45) is 11.3 Å². The zero-order valence-electron chi connectivity index (χ0n) is 22.6. The lowest BCUT2D eigenvalue weighted by Crippen LogP contribution is -2.52. The average molecular weight is 546 g/mol. The highest BCUT2D eigenvalue weighted by Gasteiger charge is 2.60. The summed E-state index contributed by atoms with van der Waals surface area (Å²) < 4.78 is 11.2. The molecule has 4 aromatic rings. The Balaban J connectivity index is 1.16. The molecular formula is C35H31NO5. The molecule has 1 N–H and O–H groups in total. The van der Waals surface area contributed by atoms with Crippen LogP contribution in [0.5, 0.6) is 5.75 Å². The van der Waals surface area contributed by atoms with E-state index < -0.39 is 11.4 Å². The first-order valence-electron chi connectivity index (χ1n) is 13.7. The van der Waals surface area contributed by atoms with Crippen LogP contribution in [0.25, 0.3) is 0 Å². The van der Waals surface area contributed by atoms with Gasteiger partial charge in [-0.3, -0.25) is 9.59 Å². The van der Waals surface area contributed by atoms with Crippen LogP contribution in [-0.4, -0.2) is 30.1 Å². The predicted molar refractivity (Wildman–Crippen MR) is 154 cm³/mol. The standard InChI is InChI=1S/C35H31NO5/c36-24-35(22-30(27-12-6-2-7-13-27)31(35)20-25-10-4-1-5-11-25)34(39)41-19-18-40-23-26-16-17-29(32(37)21-26)33(38)28-14-8-3-9-15-28/h1-17,21,30-31,37H,18-20,22-23H2. The van der Waals surface area contributed by atoms with Gasteiger partial charge in [0, 0.05) is 5.56 Å². The van der Waals surface area contributed by atoms with E-state index in [-0.39, 0.29) is 48.8 Å². The fourth-order valence-corrected chi connectivity index (χ4v) is 5.58. The summed E-state index contributed by atoms with van der Waals surface area (Å²) in [4.78, 5) is 25.9. The fraction of sp³-hybridized carbons (Fsp3) is 0.229. The van der Waals surface area contributed by atoms with E-state index >= 15 is 0 Å². The second-order valence-corrected chi connectivity index (χ2v) is 10.3. The molecule has 3 atom stereocenters. The summed E-state index contributed by atoms with van der Waals surface area (Å²) in [5, 5.41) is 20.6. The van der Waals surface area contributed by atoms with Crippen LogP contribution in [0.4, 0.5) is 0 Å². The van der Waals surface area contributed by atoms with Crippen LogP contribution in [0.2, 0.25) is 0 Å². The maximum absolute atomic E-state index is 13.3. The Morgan fingerprint density at radius 2 is 1.51 bits per heavy atom. The number of carbonyl (C=O) groups is 2. The SMILES string of the molecule is N#CC1(C(=O)OCCOCc2ccc(C(=O)c3ccccc3)c(O)c2)CC(c2ccccc2)C1Cc1ccccc1. The molecule has 0 amide bonds. The van der Waals surface area contributed by atoms with E-state index in [4.69, 9.17) is 9.47 Å². The molecule has 0 aliphatic heterocycles. The molecule has 41 heavy (non-hydrogen) atoms. The number of hydrogen-bond donors (Lipinski definition) is 1. The van der Waals surface area contributed by atoms with Crippen molar-refractivity contribution in [3.05, 3.63) is 137 Å². The summed E-state index contributed by atoms with van der Waals surface area (Å²) in [6.45, 7) is 0.304. The largest absolute Gasteiger partial charge is 0.507 e. The topological polar surface area (TPSA) is 96.6 Å². The molecular weight excluding hydrogens is 514 g/mol. The first-order valence-corrected chi connectivity index (χ1v) is 13.7. The third-order valence-electron chi connectivity index (χ3n) is 7.82. The smallest absolute Gasteiger partial charge is 0.326 e. The molecule has 1 saturated carbocycles. The van der Waals surface area contributed by atoms with Gasteiger partial charge in [-0.05, 0) is 53.5 Å². The lowest BCUT2D eigenvalue weighted by molar-refractivity contribution is -0.165. The Morgan fingerprint density at radius 1 is 0.854 bits per heavy atom. The second kappa shape index (κ2) is 12.6. The van der Waals surface area contributed by atoms with Crippen molar-refractivity contribution in [3.8, 4) is 11.8 Å². The monoisotopic (exact) mass is 545 g/mol. The molecule has 6 nitrogen and oxygen atoms in total. The summed E-state index contributed by atoms with van der Waals surface area (Å²) in [7, 11) is 0. The lowest BCUT2D eigenvalue weighted by atomic mass is 9.51. The molecule has 0 spiro atoms. The highest BCUT2D eigenvalue weighted by atomic mass is 16.6. The summed E-state index contributed by atoms with van der Waals surface area (Å²) in [6.07, 6.45) is 1.02. The first-order chi connectivity index (χ1) is 20.0. The van der Waals surface area contributed by atoms with Crippen molar-refractivity contribution in [1.82, 2.24) is 0 Å². The van der Waals surface area contributed by atoms with Crippen molar-refractivity contribution in [2.45, 2.75) is 25.4 Å². The van der Waals surface area contributed by atoms with Crippen LogP contribution in [-0.2, 0) is 27.3 Å². The molecule has 0 bridgehead atoms. The molecule has 0 radical (unpaired) electrons. The van der Waals surface area contributed by atoms with Crippen LogP contribution in [0, 0.1) is 22.7 Å². The molecule has 4 aromatic carbocycles. The van der Waals surface area contributed by atoms with Gasteiger partial charge in [0.05, 0.1) is 24.8 Å². The van der Waals surface area contributed by atoms with E-state index in [1.807, 2.05) is 66.7 Å². The maximum Gasteiger partial charge on any atom is 0.326 e. The Hall–Kier alpha value is -4.73. The number of hydrogen-bond acceptors (Lipinski definition) is 6. The van der Waals surface area contributed by atoms with Crippen LogP contribution in [0.3, 0.4) is 0 Å². The molecule has 3 unspecified atom stereocenters. The third-order valence-corrected chi connectivity index (χ3v) is 7.82. The van der Waals surface area contributed by atoms with Gasteiger partial charge in [-0.2, -0.15) is 5.26 Å². The van der Waals surface area contributed by atoms with Crippen molar-refractivity contribution in [1.29, 1.82) is 5.26 Å². The number of esters is 1. The van der Waals surface area contributed by atoms with Crippen molar-refractivity contribution < 1.29 is 24.2 Å². The van der Waals surface area contributed by atoms with Crippen molar-refractivity contribution in [2.75, 3.05) is 13.2 Å². The van der Waals surface area contributed by atoms with Crippen LogP contribution in [0.15, 0.2) is 109 Å². The average Bonchev–Trinajstić information content (AvgIpc) is 3.01. The maximum atomic E-state index is 13.3. The van der Waals surface area contributed by atoms with E-state index in [0.29, 0.717) is 24.0 Å². The zero-order chi connectivity index (χ0) is 28.7. The normalized spacial score (nSPS) is 19.5. The van der Waals surface area contributed by atoms with Crippen LogP contribution in [0.1, 0.15) is 45.0 Å². The Labute approximate surface area is 239 Å². The predicted octanol–water partition coefficient (Wildman–Crippen LogP) is 6.24. The van der Waals surface area contributed by atoms with Gasteiger partial charge in [0.2, 0.25) is 0 Å². The second-order valence-electron chi connectivity index (χ2n) is 10.3. The number of nitriles is 1. The Kier molecular flexibility index (Phi) is 8.57. The number of aromatic hydroxyl groups is 1. The molecule has 1 aliphatic rings. The van der Waals surface area contributed by atoms with Gasteiger partial charge >= 0.3 is 5.97 Å². The van der Waals surface area contributed by atoms with E-state index in [0.717, 1.165) is 11.1 Å². The van der Waals surface area contributed by atoms with E-state index in [1.54, 1.807) is 36.4 Å². The lowest BCUT2D eigenvalue weighted by Gasteiger charge is -2.49. The van der Waals surface area contributed by atoms with Gasteiger partial charge in [-0.1, -0.05) is 97.1 Å². The molecule has 1 aliphatic carbocycles. The van der Waals surface area contributed by atoms with Crippen molar-refractivity contribution >= 4 is 11.8 Å². The number of ketones is 1. The first kappa shape index (κ1) is 27.8. The molecule has 0 aromatic heterocycles. The van der Waals surface area contributed by atoms with Crippen LogP contribution >= 0.6 is 0 Å². The number of carbonyl (C=O) groups excluding carboxylic acids is 2. The summed E-state index contributed by atoms with van der Waals surface area (Å²) in [5.41, 5.74) is 2.37. The Bertz CT molecular complexity index is 1530. The van der Waals surface area contributed by atoms with Gasteiger partial charge < -0.3 is 14.6 Å². The minimum atomic E-state index is -1.22. The number of phenols is 1. The van der Waals surface area contributed by atoms with Gasteiger partial charge in [0.25, 0.3) is 0 Å². The molecule has 0 heterocycles. The fourth-order valence-electron chi connectivity index (χ4n) is 5.58. The van der Waals surface area contributed by atoms with E-state index in [1.165, 1.54) is 6.07 Å². The molecule has 0 saturated heterocycles. The quantitative estimate of drug-likeness (QED) is 0.136. The van der Waals surface area contributed by atoms with Gasteiger partial charge in [0.1, 0.15) is 12.4 Å². The number of phenolic OH excluding ortho intramolecular Hbond substituents is 1. The van der Waals surface area contributed by atoms with Crippen molar-refractivity contribution in [3.63, 3.8) is 0 Å². The van der Waals surface area contributed by atoms with Crippen LogP contribution < -0.4 is 0 Å². The molecule has 6 heteroatoms. The van der Waals surface area contributed by atoms with Gasteiger partial charge in [-0.15, -0.1) is 0 Å². The van der Waals surface area contributed by atoms with Gasteiger partial charge in [-0.25, -0.2) is 0 Å². The Morgan fingerprint density at radius 3 is 2.17 bits per heavy atom. The van der Waals surface area contributed by atoms with Gasteiger partial charge in [0.15, 0.2) is 11.2 Å². The highest BCUT2D eigenvalue weighted by molar-refractivity contribution is 6.10. The number of rotatable bonds is 11. The summed E-state index contributed by atoms with van der Waals surface area (Å²) in [5.74, 6) is -1.01. The third kappa shape index (κ3) is 6.06. The zero-order valence-corrected chi connectivity index (χ0v) is 22.6. The van der Waals surface area contributed by atoms with E-state index in [2.05, 4.69) is 6.07 Å². The molecule has 1 fully saturated rings. The van der Waals surface area contributed by atoms with E-state index in [9.17, 15) is 20.0 Å². The minimum absolute atomic E-state index is 0.00683. The molecule has 5 rings (SSSR count). The number of ether oxygens (including phenoxy) is 2. The summed E-state index contributed by atoms with van der Waals surface area (Å²) >= 11 is 0.